The third-order valence-electron chi connectivity index (χ3n) is 5.08. The number of aryl methyl sites for hydroxylation is 1. The Morgan fingerprint density at radius 2 is 1.61 bits per heavy atom. The molecule has 3 aromatic heterocycles. The van der Waals surface area contributed by atoms with Gasteiger partial charge in [0.15, 0.2) is 5.65 Å². The molecule has 0 amide bonds. The molecule has 0 fully saturated rings. The predicted octanol–water partition coefficient (Wildman–Crippen LogP) is 4.42. The molecule has 3 heterocycles. The van der Waals surface area contributed by atoms with Crippen LogP contribution in [0.3, 0.4) is 0 Å². The van der Waals surface area contributed by atoms with Gasteiger partial charge in [-0.25, -0.2) is 14.3 Å². The first-order chi connectivity index (χ1) is 13.8. The summed E-state index contributed by atoms with van der Waals surface area (Å²) >= 11 is 0. The molecular weight excluding hydrogens is 348 g/mol. The Hall–Kier alpha value is -3.73. The fraction of sp³-hybridized carbons (Fsp3) is 0.0870. The van der Waals surface area contributed by atoms with Crippen molar-refractivity contribution in [2.45, 2.75) is 13.5 Å². The van der Waals surface area contributed by atoms with Gasteiger partial charge in [-0.05, 0) is 42.8 Å². The number of imidazole rings is 1. The summed E-state index contributed by atoms with van der Waals surface area (Å²) in [4.78, 5) is 21.9. The Kier molecular flexibility index (Phi) is 3.79. The van der Waals surface area contributed by atoms with E-state index in [0.29, 0.717) is 12.2 Å². The Morgan fingerprint density at radius 1 is 0.857 bits per heavy atom. The van der Waals surface area contributed by atoms with Crippen molar-refractivity contribution in [3.05, 3.63) is 89.6 Å². The van der Waals surface area contributed by atoms with Crippen LogP contribution >= 0.6 is 0 Å². The standard InChI is InChI=1S/C23H18N4O/c1-2-26-20-9-5-15-25-22(20)27(23(26)28)18-12-10-16(11-13-18)19-8-3-6-17-7-4-14-24-21(17)19/h3-15H,2H2,1H3. The summed E-state index contributed by atoms with van der Waals surface area (Å²) in [5, 5.41) is 1.11. The lowest BCUT2D eigenvalue weighted by atomic mass is 10.0. The monoisotopic (exact) mass is 366 g/mol. The number of para-hydroxylation sites is 1. The summed E-state index contributed by atoms with van der Waals surface area (Å²) < 4.78 is 3.41. The maximum atomic E-state index is 12.9. The number of rotatable bonds is 3. The van der Waals surface area contributed by atoms with E-state index in [2.05, 4.69) is 28.2 Å². The topological polar surface area (TPSA) is 52.7 Å². The van der Waals surface area contributed by atoms with E-state index >= 15 is 0 Å². The maximum Gasteiger partial charge on any atom is 0.334 e. The molecule has 0 atom stereocenters. The minimum Gasteiger partial charge on any atom is -0.290 e. The lowest BCUT2D eigenvalue weighted by Crippen LogP contribution is -2.22. The minimum atomic E-state index is -0.0734. The van der Waals surface area contributed by atoms with Crippen LogP contribution < -0.4 is 5.69 Å². The molecule has 0 radical (unpaired) electrons. The highest BCUT2D eigenvalue weighted by atomic mass is 16.1. The Morgan fingerprint density at radius 3 is 2.43 bits per heavy atom. The van der Waals surface area contributed by atoms with Gasteiger partial charge in [0.2, 0.25) is 0 Å². The van der Waals surface area contributed by atoms with E-state index < -0.39 is 0 Å². The van der Waals surface area contributed by atoms with E-state index in [1.807, 2.05) is 61.7 Å². The number of hydrogen-bond donors (Lipinski definition) is 0. The first kappa shape index (κ1) is 16.4. The van der Waals surface area contributed by atoms with Gasteiger partial charge >= 0.3 is 5.69 Å². The van der Waals surface area contributed by atoms with Crippen LogP contribution in [0.5, 0.6) is 0 Å². The molecule has 0 aliphatic rings. The molecule has 0 bridgehead atoms. The highest BCUT2D eigenvalue weighted by Crippen LogP contribution is 2.28. The average Bonchev–Trinajstić information content (AvgIpc) is 3.04. The van der Waals surface area contributed by atoms with Crippen LogP contribution in [0.25, 0.3) is 38.9 Å². The van der Waals surface area contributed by atoms with Gasteiger partial charge in [-0.15, -0.1) is 0 Å². The molecule has 0 saturated heterocycles. The summed E-state index contributed by atoms with van der Waals surface area (Å²) in [7, 11) is 0. The number of benzene rings is 2. The van der Waals surface area contributed by atoms with E-state index in [9.17, 15) is 4.79 Å². The molecule has 0 saturated carbocycles. The van der Waals surface area contributed by atoms with Gasteiger partial charge in [0.25, 0.3) is 0 Å². The van der Waals surface area contributed by atoms with Crippen molar-refractivity contribution in [2.75, 3.05) is 0 Å². The molecule has 0 spiro atoms. The van der Waals surface area contributed by atoms with E-state index in [4.69, 9.17) is 0 Å². The molecule has 0 N–H and O–H groups in total. The number of aromatic nitrogens is 4. The molecule has 0 unspecified atom stereocenters. The van der Waals surface area contributed by atoms with Gasteiger partial charge in [-0.2, -0.15) is 0 Å². The fourth-order valence-electron chi connectivity index (χ4n) is 3.75. The Labute approximate surface area is 161 Å². The van der Waals surface area contributed by atoms with Gasteiger partial charge in [-0.3, -0.25) is 9.55 Å². The van der Waals surface area contributed by atoms with Gasteiger partial charge in [0.05, 0.1) is 16.7 Å². The van der Waals surface area contributed by atoms with Gasteiger partial charge < -0.3 is 0 Å². The van der Waals surface area contributed by atoms with Crippen molar-refractivity contribution < 1.29 is 0 Å². The van der Waals surface area contributed by atoms with E-state index in [0.717, 1.165) is 33.2 Å². The summed E-state index contributed by atoms with van der Waals surface area (Å²) in [5.74, 6) is 0. The van der Waals surface area contributed by atoms with Crippen LogP contribution in [0, 0.1) is 0 Å². The number of nitrogens with zero attached hydrogens (tertiary/aromatic N) is 4. The number of fused-ring (bicyclic) bond motifs is 2. The lowest BCUT2D eigenvalue weighted by molar-refractivity contribution is 0.734. The van der Waals surface area contributed by atoms with Crippen molar-refractivity contribution in [2.24, 2.45) is 0 Å². The fourth-order valence-corrected chi connectivity index (χ4v) is 3.75. The maximum absolute atomic E-state index is 12.9. The SMILES string of the molecule is CCn1c(=O)n(-c2ccc(-c3cccc4cccnc34)cc2)c2ncccc21. The third kappa shape index (κ3) is 2.44. The largest absolute Gasteiger partial charge is 0.334 e. The molecule has 136 valence electrons. The van der Waals surface area contributed by atoms with Crippen molar-refractivity contribution in [3.63, 3.8) is 0 Å². The molecule has 5 rings (SSSR count). The second-order valence-electron chi connectivity index (χ2n) is 6.64. The summed E-state index contributed by atoms with van der Waals surface area (Å²) in [5.41, 5.74) is 5.36. The smallest absolute Gasteiger partial charge is 0.290 e. The zero-order valence-corrected chi connectivity index (χ0v) is 15.4. The van der Waals surface area contributed by atoms with Crippen molar-refractivity contribution >= 4 is 22.1 Å². The van der Waals surface area contributed by atoms with Crippen LogP contribution in [0.4, 0.5) is 0 Å². The number of hydrogen-bond acceptors (Lipinski definition) is 3. The van der Waals surface area contributed by atoms with E-state index in [1.165, 1.54) is 0 Å². The lowest BCUT2D eigenvalue weighted by Gasteiger charge is -2.08. The quantitative estimate of drug-likeness (QED) is 0.475. The van der Waals surface area contributed by atoms with Crippen molar-refractivity contribution in [1.82, 2.24) is 19.1 Å². The first-order valence-electron chi connectivity index (χ1n) is 9.29. The molecule has 0 aliphatic carbocycles. The summed E-state index contributed by atoms with van der Waals surface area (Å²) in [6.07, 6.45) is 3.53. The van der Waals surface area contributed by atoms with E-state index in [1.54, 1.807) is 15.3 Å². The molecule has 5 nitrogen and oxygen atoms in total. The van der Waals surface area contributed by atoms with Crippen LogP contribution in [0.1, 0.15) is 6.92 Å². The molecule has 28 heavy (non-hydrogen) atoms. The van der Waals surface area contributed by atoms with Crippen LogP contribution in [-0.4, -0.2) is 19.1 Å². The van der Waals surface area contributed by atoms with Gasteiger partial charge in [0.1, 0.15) is 0 Å². The first-order valence-corrected chi connectivity index (χ1v) is 9.29. The van der Waals surface area contributed by atoms with Crippen LogP contribution in [0.2, 0.25) is 0 Å². The van der Waals surface area contributed by atoms with Crippen LogP contribution in [-0.2, 0) is 6.54 Å². The highest BCUT2D eigenvalue weighted by molar-refractivity contribution is 5.93. The normalized spacial score (nSPS) is 11.3. The van der Waals surface area contributed by atoms with Crippen molar-refractivity contribution in [1.29, 1.82) is 0 Å². The van der Waals surface area contributed by atoms with E-state index in [-0.39, 0.29) is 5.69 Å². The average molecular weight is 366 g/mol. The second kappa shape index (κ2) is 6.46. The Bertz CT molecular complexity index is 1360. The summed E-state index contributed by atoms with van der Waals surface area (Å²) in [6.45, 7) is 2.57. The Balaban J connectivity index is 1.67. The molecule has 5 aromatic rings. The molecule has 0 aliphatic heterocycles. The van der Waals surface area contributed by atoms with Gasteiger partial charge in [0, 0.05) is 29.9 Å². The number of pyridine rings is 2. The second-order valence-corrected chi connectivity index (χ2v) is 6.64. The third-order valence-corrected chi connectivity index (χ3v) is 5.08. The zero-order chi connectivity index (χ0) is 19.1. The zero-order valence-electron chi connectivity index (χ0n) is 15.4. The predicted molar refractivity (Wildman–Crippen MR) is 112 cm³/mol. The minimum absolute atomic E-state index is 0.0734. The van der Waals surface area contributed by atoms with Crippen LogP contribution in [0.15, 0.2) is 83.9 Å². The molecule has 5 heteroatoms. The van der Waals surface area contributed by atoms with Crippen molar-refractivity contribution in [3.8, 4) is 16.8 Å². The van der Waals surface area contributed by atoms with Gasteiger partial charge in [-0.1, -0.05) is 36.4 Å². The molecular formula is C23H18N4O. The summed E-state index contributed by atoms with van der Waals surface area (Å²) in [6, 6.07) is 22.0. The highest BCUT2D eigenvalue weighted by Gasteiger charge is 2.14. The molecule has 2 aromatic carbocycles.